The molecule has 0 atom stereocenters. The van der Waals surface area contributed by atoms with E-state index < -0.39 is 0 Å². The van der Waals surface area contributed by atoms with Crippen molar-refractivity contribution in [1.82, 2.24) is 4.98 Å². The molecule has 66 valence electrons. The van der Waals surface area contributed by atoms with Crippen LogP contribution < -0.4 is 11.5 Å². The molecule has 0 aliphatic carbocycles. The zero-order chi connectivity index (χ0) is 8.27. The SMILES string of the molecule is Cl.N=C(N)c1ccc(CN)cn1. The Bertz CT molecular complexity index is 257. The maximum atomic E-state index is 7.05. The summed E-state index contributed by atoms with van der Waals surface area (Å²) in [5, 5.41) is 7.05. The van der Waals surface area contributed by atoms with Gasteiger partial charge in [-0.3, -0.25) is 10.4 Å². The summed E-state index contributed by atoms with van der Waals surface area (Å²) in [7, 11) is 0. The molecule has 1 heterocycles. The van der Waals surface area contributed by atoms with E-state index in [9.17, 15) is 0 Å². The van der Waals surface area contributed by atoms with Gasteiger partial charge in [-0.2, -0.15) is 0 Å². The monoisotopic (exact) mass is 186 g/mol. The molecule has 0 radical (unpaired) electrons. The van der Waals surface area contributed by atoms with Crippen molar-refractivity contribution >= 4 is 18.2 Å². The van der Waals surface area contributed by atoms with Crippen LogP contribution in [-0.4, -0.2) is 10.8 Å². The fourth-order valence-electron chi connectivity index (χ4n) is 0.705. The third-order valence-electron chi connectivity index (χ3n) is 1.34. The second-order valence-corrected chi connectivity index (χ2v) is 2.17. The lowest BCUT2D eigenvalue weighted by Crippen LogP contribution is -2.13. The normalized spacial score (nSPS) is 8.75. The Hall–Kier alpha value is -1.13. The van der Waals surface area contributed by atoms with Gasteiger partial charge in [0.05, 0.1) is 0 Å². The van der Waals surface area contributed by atoms with Crippen LogP contribution in [0.15, 0.2) is 18.3 Å². The number of nitrogens with two attached hydrogens (primary N) is 2. The van der Waals surface area contributed by atoms with E-state index in [1.165, 1.54) is 0 Å². The van der Waals surface area contributed by atoms with Gasteiger partial charge in [0.2, 0.25) is 0 Å². The summed E-state index contributed by atoms with van der Waals surface area (Å²) in [5.41, 5.74) is 12.0. The Morgan fingerprint density at radius 2 is 2.17 bits per heavy atom. The van der Waals surface area contributed by atoms with Crippen LogP contribution in [0.3, 0.4) is 0 Å². The van der Waals surface area contributed by atoms with Crippen molar-refractivity contribution in [2.24, 2.45) is 11.5 Å². The summed E-state index contributed by atoms with van der Waals surface area (Å²) in [6.07, 6.45) is 1.62. The van der Waals surface area contributed by atoms with Crippen molar-refractivity contribution in [3.05, 3.63) is 29.6 Å². The van der Waals surface area contributed by atoms with Crippen molar-refractivity contribution in [2.45, 2.75) is 6.54 Å². The van der Waals surface area contributed by atoms with Crippen molar-refractivity contribution in [1.29, 1.82) is 5.41 Å². The number of nitrogen functional groups attached to an aromatic ring is 1. The number of hydrogen-bond acceptors (Lipinski definition) is 3. The van der Waals surface area contributed by atoms with Crippen LogP contribution in [0, 0.1) is 5.41 Å². The summed E-state index contributed by atoms with van der Waals surface area (Å²) in [6.45, 7) is 0.463. The van der Waals surface area contributed by atoms with Gasteiger partial charge >= 0.3 is 0 Å². The molecule has 0 spiro atoms. The molecular formula is C7H11ClN4. The molecule has 5 heteroatoms. The average Bonchev–Trinajstić information content (AvgIpc) is 2.05. The van der Waals surface area contributed by atoms with Crippen molar-refractivity contribution in [2.75, 3.05) is 0 Å². The van der Waals surface area contributed by atoms with Crippen LogP contribution in [0.4, 0.5) is 0 Å². The third kappa shape index (κ3) is 2.48. The summed E-state index contributed by atoms with van der Waals surface area (Å²) in [5.74, 6) is -0.0198. The first-order valence-electron chi connectivity index (χ1n) is 3.23. The lowest BCUT2D eigenvalue weighted by Gasteiger charge is -1.97. The molecule has 12 heavy (non-hydrogen) atoms. The van der Waals surface area contributed by atoms with E-state index in [0.717, 1.165) is 5.56 Å². The number of nitrogens with zero attached hydrogens (tertiary/aromatic N) is 1. The number of amidine groups is 1. The zero-order valence-corrected chi connectivity index (χ0v) is 7.27. The fourth-order valence-corrected chi connectivity index (χ4v) is 0.705. The molecule has 5 N–H and O–H groups in total. The van der Waals surface area contributed by atoms with Gasteiger partial charge in [0, 0.05) is 12.7 Å². The summed E-state index contributed by atoms with van der Waals surface area (Å²) >= 11 is 0. The Morgan fingerprint density at radius 1 is 1.50 bits per heavy atom. The molecule has 0 amide bonds. The molecule has 0 aromatic carbocycles. The van der Waals surface area contributed by atoms with Crippen LogP contribution in [0.1, 0.15) is 11.3 Å². The van der Waals surface area contributed by atoms with Gasteiger partial charge in [0.1, 0.15) is 11.5 Å². The first-order chi connectivity index (χ1) is 5.24. The maximum absolute atomic E-state index is 7.05. The van der Waals surface area contributed by atoms with Gasteiger partial charge in [-0.1, -0.05) is 6.07 Å². The molecule has 1 rings (SSSR count). The lowest BCUT2D eigenvalue weighted by molar-refractivity contribution is 1.04. The van der Waals surface area contributed by atoms with Gasteiger partial charge in [-0.05, 0) is 11.6 Å². The standard InChI is InChI=1S/C7H10N4.ClH/c8-3-5-1-2-6(7(9)10)11-4-5;/h1-2,4H,3,8H2,(H3,9,10);1H. The lowest BCUT2D eigenvalue weighted by atomic mass is 10.2. The highest BCUT2D eigenvalue weighted by Gasteiger charge is 1.95. The Kier molecular flexibility index (Phi) is 4.25. The average molecular weight is 187 g/mol. The number of hydrogen-bond donors (Lipinski definition) is 3. The minimum atomic E-state index is -0.0198. The maximum Gasteiger partial charge on any atom is 0.141 e. The number of halogens is 1. The van der Waals surface area contributed by atoms with Crippen LogP contribution in [-0.2, 0) is 6.54 Å². The minimum absolute atomic E-state index is 0. The van der Waals surface area contributed by atoms with E-state index in [1.807, 2.05) is 6.07 Å². The van der Waals surface area contributed by atoms with Gasteiger partial charge in [0.25, 0.3) is 0 Å². The van der Waals surface area contributed by atoms with Crippen LogP contribution in [0.2, 0.25) is 0 Å². The molecular weight excluding hydrogens is 176 g/mol. The van der Waals surface area contributed by atoms with Crippen molar-refractivity contribution in [3.8, 4) is 0 Å². The first-order valence-corrected chi connectivity index (χ1v) is 3.23. The fraction of sp³-hybridized carbons (Fsp3) is 0.143. The zero-order valence-electron chi connectivity index (χ0n) is 6.45. The summed E-state index contributed by atoms with van der Waals surface area (Å²) in [6, 6.07) is 3.49. The number of aromatic nitrogens is 1. The smallest absolute Gasteiger partial charge is 0.141 e. The summed E-state index contributed by atoms with van der Waals surface area (Å²) < 4.78 is 0. The highest BCUT2D eigenvalue weighted by Crippen LogP contribution is 1.97. The van der Waals surface area contributed by atoms with Crippen molar-refractivity contribution < 1.29 is 0 Å². The molecule has 0 unspecified atom stereocenters. The van der Waals surface area contributed by atoms with E-state index in [0.29, 0.717) is 12.2 Å². The Balaban J connectivity index is 0.00000121. The molecule has 4 nitrogen and oxygen atoms in total. The molecule has 0 aliphatic heterocycles. The molecule has 1 aromatic rings. The Labute approximate surface area is 76.9 Å². The molecule has 1 aromatic heterocycles. The molecule has 0 aliphatic rings. The van der Waals surface area contributed by atoms with Crippen LogP contribution in [0.5, 0.6) is 0 Å². The van der Waals surface area contributed by atoms with E-state index in [1.54, 1.807) is 12.3 Å². The molecule has 0 saturated carbocycles. The number of nitrogens with one attached hydrogen (secondary N) is 1. The molecule has 0 saturated heterocycles. The van der Waals surface area contributed by atoms with E-state index in [2.05, 4.69) is 4.98 Å². The quantitative estimate of drug-likeness (QED) is 0.457. The topological polar surface area (TPSA) is 88.8 Å². The van der Waals surface area contributed by atoms with E-state index >= 15 is 0 Å². The minimum Gasteiger partial charge on any atom is -0.382 e. The van der Waals surface area contributed by atoms with Gasteiger partial charge in [-0.25, -0.2) is 0 Å². The van der Waals surface area contributed by atoms with Gasteiger partial charge in [0.15, 0.2) is 0 Å². The van der Waals surface area contributed by atoms with Crippen LogP contribution in [0.25, 0.3) is 0 Å². The van der Waals surface area contributed by atoms with E-state index in [4.69, 9.17) is 16.9 Å². The highest BCUT2D eigenvalue weighted by atomic mass is 35.5. The third-order valence-corrected chi connectivity index (χ3v) is 1.34. The number of pyridine rings is 1. The molecule has 0 fully saturated rings. The van der Waals surface area contributed by atoms with Gasteiger partial charge < -0.3 is 11.5 Å². The predicted octanol–water partition coefficient (Wildman–Crippen LogP) is 0.246. The number of rotatable bonds is 2. The second kappa shape index (κ2) is 4.69. The van der Waals surface area contributed by atoms with Gasteiger partial charge in [-0.15, -0.1) is 12.4 Å². The first kappa shape index (κ1) is 10.9. The largest absolute Gasteiger partial charge is 0.382 e. The summed E-state index contributed by atoms with van der Waals surface area (Å²) in [4.78, 5) is 3.92. The van der Waals surface area contributed by atoms with Crippen molar-refractivity contribution in [3.63, 3.8) is 0 Å². The second-order valence-electron chi connectivity index (χ2n) is 2.17. The highest BCUT2D eigenvalue weighted by molar-refractivity contribution is 5.92. The predicted molar refractivity (Wildman–Crippen MR) is 50.4 cm³/mol. The molecule has 0 bridgehead atoms. The van der Waals surface area contributed by atoms with E-state index in [-0.39, 0.29) is 18.2 Å². The van der Waals surface area contributed by atoms with Crippen LogP contribution >= 0.6 is 12.4 Å². The Morgan fingerprint density at radius 3 is 2.50 bits per heavy atom.